The molecule has 0 saturated carbocycles. The Morgan fingerprint density at radius 1 is 0.373 bits per heavy atom. The van der Waals surface area contributed by atoms with Gasteiger partial charge in [-0.2, -0.15) is 0 Å². The lowest BCUT2D eigenvalue weighted by molar-refractivity contribution is 1.18. The molecular formula is C47H30N4. The minimum atomic E-state index is 0.934. The van der Waals surface area contributed by atoms with E-state index in [0.29, 0.717) is 0 Å². The van der Waals surface area contributed by atoms with Crippen molar-refractivity contribution in [3.8, 4) is 50.6 Å². The van der Waals surface area contributed by atoms with Crippen molar-refractivity contribution in [2.24, 2.45) is 0 Å². The van der Waals surface area contributed by atoms with Crippen LogP contribution in [0.4, 0.5) is 0 Å². The van der Waals surface area contributed by atoms with Crippen LogP contribution in [0.25, 0.3) is 94.1 Å². The third kappa shape index (κ3) is 4.88. The first-order valence-corrected chi connectivity index (χ1v) is 17.2. The molecule has 0 aliphatic heterocycles. The van der Waals surface area contributed by atoms with Gasteiger partial charge in [-0.15, -0.1) is 0 Å². The first-order chi connectivity index (χ1) is 25.3. The first kappa shape index (κ1) is 29.0. The van der Waals surface area contributed by atoms with E-state index in [0.717, 1.165) is 66.9 Å². The summed E-state index contributed by atoms with van der Waals surface area (Å²) in [5.41, 5.74) is 12.9. The van der Waals surface area contributed by atoms with E-state index in [1.807, 2.05) is 18.2 Å². The number of pyridine rings is 3. The van der Waals surface area contributed by atoms with Gasteiger partial charge < -0.3 is 4.57 Å². The molecule has 6 aromatic carbocycles. The number of aromatic nitrogens is 4. The molecule has 0 amide bonds. The van der Waals surface area contributed by atoms with Crippen LogP contribution in [-0.4, -0.2) is 19.5 Å². The van der Waals surface area contributed by atoms with Gasteiger partial charge in [0.15, 0.2) is 0 Å². The maximum Gasteiger partial charge on any atom is 0.0788 e. The summed E-state index contributed by atoms with van der Waals surface area (Å²) in [6.45, 7) is 0. The zero-order valence-corrected chi connectivity index (χ0v) is 27.6. The van der Waals surface area contributed by atoms with Crippen molar-refractivity contribution in [3.63, 3.8) is 0 Å². The Kier molecular flexibility index (Phi) is 6.78. The van der Waals surface area contributed by atoms with E-state index in [2.05, 4.69) is 161 Å². The van der Waals surface area contributed by atoms with E-state index in [4.69, 9.17) is 9.97 Å². The normalized spacial score (nSPS) is 11.5. The molecule has 0 bridgehead atoms. The Morgan fingerprint density at radius 2 is 1.04 bits per heavy atom. The zero-order chi connectivity index (χ0) is 33.7. The summed E-state index contributed by atoms with van der Waals surface area (Å²) in [6, 6.07) is 60.0. The number of rotatable bonds is 5. The lowest BCUT2D eigenvalue weighted by Crippen LogP contribution is -1.94. The number of benzene rings is 6. The molecule has 0 aliphatic carbocycles. The van der Waals surface area contributed by atoms with Crippen molar-refractivity contribution < 1.29 is 0 Å². The molecule has 0 saturated heterocycles. The highest BCUT2D eigenvalue weighted by Crippen LogP contribution is 2.42. The van der Waals surface area contributed by atoms with Gasteiger partial charge >= 0.3 is 0 Å². The van der Waals surface area contributed by atoms with Crippen molar-refractivity contribution in [1.82, 2.24) is 19.5 Å². The quantitative estimate of drug-likeness (QED) is 0.174. The molecule has 0 aliphatic rings. The molecule has 238 valence electrons. The third-order valence-electron chi connectivity index (χ3n) is 9.89. The molecule has 0 N–H and O–H groups in total. The highest BCUT2D eigenvalue weighted by Gasteiger charge is 2.19. The predicted octanol–water partition coefficient (Wildman–Crippen LogP) is 11.9. The van der Waals surface area contributed by atoms with Crippen LogP contribution in [0.15, 0.2) is 182 Å². The number of nitrogens with zero attached hydrogens (tertiary/aromatic N) is 4. The molecule has 0 fully saturated rings. The molecule has 10 rings (SSSR count). The number of hydrogen-bond donors (Lipinski definition) is 0. The van der Waals surface area contributed by atoms with Crippen molar-refractivity contribution in [2.45, 2.75) is 0 Å². The van der Waals surface area contributed by atoms with E-state index >= 15 is 0 Å². The zero-order valence-electron chi connectivity index (χ0n) is 27.6. The van der Waals surface area contributed by atoms with Gasteiger partial charge in [0.2, 0.25) is 0 Å². The number of hydrogen-bond acceptors (Lipinski definition) is 3. The van der Waals surface area contributed by atoms with Gasteiger partial charge in [-0.1, -0.05) is 109 Å². The highest BCUT2D eigenvalue weighted by molar-refractivity contribution is 6.29. The van der Waals surface area contributed by atoms with Gasteiger partial charge in [0, 0.05) is 61.7 Å². The molecule has 4 heterocycles. The maximum atomic E-state index is 5.33. The number of fused-ring (bicyclic) bond motifs is 7. The highest BCUT2D eigenvalue weighted by atomic mass is 15.0. The Bertz CT molecular complexity index is 2890. The molecule has 51 heavy (non-hydrogen) atoms. The van der Waals surface area contributed by atoms with Crippen molar-refractivity contribution in [2.75, 3.05) is 0 Å². The van der Waals surface area contributed by atoms with E-state index in [1.54, 1.807) is 12.4 Å². The Morgan fingerprint density at radius 3 is 1.86 bits per heavy atom. The van der Waals surface area contributed by atoms with E-state index in [-0.39, 0.29) is 0 Å². The lowest BCUT2D eigenvalue weighted by atomic mass is 9.94. The second-order valence-corrected chi connectivity index (χ2v) is 12.9. The van der Waals surface area contributed by atoms with Gasteiger partial charge in [-0.3, -0.25) is 4.98 Å². The first-order valence-electron chi connectivity index (χ1n) is 17.2. The van der Waals surface area contributed by atoms with E-state index in [1.165, 1.54) is 27.2 Å². The Labute approximate surface area is 295 Å². The van der Waals surface area contributed by atoms with Gasteiger partial charge in [0.1, 0.15) is 0 Å². The van der Waals surface area contributed by atoms with Crippen LogP contribution in [0.3, 0.4) is 0 Å². The fourth-order valence-electron chi connectivity index (χ4n) is 7.53. The monoisotopic (exact) mass is 650 g/mol. The van der Waals surface area contributed by atoms with Crippen LogP contribution in [0, 0.1) is 0 Å². The van der Waals surface area contributed by atoms with Crippen LogP contribution in [0.2, 0.25) is 0 Å². The molecule has 0 spiro atoms. The van der Waals surface area contributed by atoms with E-state index < -0.39 is 0 Å². The van der Waals surface area contributed by atoms with Crippen LogP contribution in [0.1, 0.15) is 0 Å². The topological polar surface area (TPSA) is 43.6 Å². The van der Waals surface area contributed by atoms with Gasteiger partial charge in [-0.25, -0.2) is 9.97 Å². The summed E-state index contributed by atoms with van der Waals surface area (Å²) in [5, 5.41) is 6.02. The SMILES string of the molecule is c1ccc(-n2c3ccccc3c3c4c(ccc32)c(-c2cccc(-c3ccc(-c5cccc(-c6ccncc6)n5)cc3)c2)nc2ccccc24)cc1. The van der Waals surface area contributed by atoms with Crippen LogP contribution in [-0.2, 0) is 0 Å². The third-order valence-corrected chi connectivity index (χ3v) is 9.89. The lowest BCUT2D eigenvalue weighted by Gasteiger charge is -2.13. The molecule has 4 heteroatoms. The Balaban J connectivity index is 1.12. The molecule has 0 atom stereocenters. The largest absolute Gasteiger partial charge is 0.309 e. The summed E-state index contributed by atoms with van der Waals surface area (Å²) in [7, 11) is 0. The molecule has 4 nitrogen and oxygen atoms in total. The van der Waals surface area contributed by atoms with Crippen molar-refractivity contribution in [1.29, 1.82) is 0 Å². The summed E-state index contributed by atoms with van der Waals surface area (Å²) in [5.74, 6) is 0. The van der Waals surface area contributed by atoms with Gasteiger partial charge in [-0.05, 0) is 71.8 Å². The maximum absolute atomic E-state index is 5.33. The van der Waals surface area contributed by atoms with Crippen molar-refractivity contribution >= 4 is 43.5 Å². The molecule has 0 unspecified atom stereocenters. The number of para-hydroxylation sites is 3. The predicted molar refractivity (Wildman–Crippen MR) is 211 cm³/mol. The molecular weight excluding hydrogens is 621 g/mol. The fraction of sp³-hybridized carbons (Fsp3) is 0. The summed E-state index contributed by atoms with van der Waals surface area (Å²) < 4.78 is 2.38. The second kappa shape index (κ2) is 11.9. The van der Waals surface area contributed by atoms with Crippen LogP contribution >= 0.6 is 0 Å². The Hall–Kier alpha value is -6.91. The molecule has 4 aromatic heterocycles. The average Bonchev–Trinajstić information content (AvgIpc) is 3.56. The standard InChI is InChI=1S/C47H30N4/c1-2-12-36(13-3-1)51-43-19-7-5-15-38(43)46-44(51)25-24-39-45(46)37-14-4-6-16-42(37)50-47(39)35-11-8-10-34(30-35)31-20-22-32(23-21-31)40-17-9-18-41(49-40)33-26-28-48-29-27-33/h1-30H. The minimum absolute atomic E-state index is 0.934. The van der Waals surface area contributed by atoms with Crippen molar-refractivity contribution in [3.05, 3.63) is 182 Å². The minimum Gasteiger partial charge on any atom is -0.309 e. The van der Waals surface area contributed by atoms with Gasteiger partial charge in [0.25, 0.3) is 0 Å². The van der Waals surface area contributed by atoms with Crippen LogP contribution in [0.5, 0.6) is 0 Å². The van der Waals surface area contributed by atoms with Crippen LogP contribution < -0.4 is 0 Å². The summed E-state index contributed by atoms with van der Waals surface area (Å²) in [4.78, 5) is 14.4. The summed E-state index contributed by atoms with van der Waals surface area (Å²) in [6.07, 6.45) is 3.60. The molecule has 0 radical (unpaired) electrons. The fourth-order valence-corrected chi connectivity index (χ4v) is 7.53. The molecule has 10 aromatic rings. The smallest absolute Gasteiger partial charge is 0.0788 e. The summed E-state index contributed by atoms with van der Waals surface area (Å²) >= 11 is 0. The van der Waals surface area contributed by atoms with Gasteiger partial charge in [0.05, 0.1) is 33.6 Å². The second-order valence-electron chi connectivity index (χ2n) is 12.9. The van der Waals surface area contributed by atoms with E-state index in [9.17, 15) is 0 Å². The average molecular weight is 651 g/mol.